The van der Waals surface area contributed by atoms with E-state index in [4.69, 9.17) is 4.42 Å². The fraction of sp³-hybridized carbons (Fsp3) is 0.467. The number of hydrogen-bond acceptors (Lipinski definition) is 1. The Balaban J connectivity index is 2.45. The van der Waals surface area contributed by atoms with Crippen LogP contribution in [0.25, 0.3) is 11.0 Å². The van der Waals surface area contributed by atoms with Gasteiger partial charge in [-0.05, 0) is 42.9 Å². The van der Waals surface area contributed by atoms with Crippen molar-refractivity contribution >= 4 is 11.0 Å². The summed E-state index contributed by atoms with van der Waals surface area (Å²) in [5.41, 5.74) is 3.97. The Kier molecular flexibility index (Phi) is 2.57. The van der Waals surface area contributed by atoms with Gasteiger partial charge in [0, 0.05) is 5.39 Å². The molecule has 0 amide bonds. The van der Waals surface area contributed by atoms with E-state index in [1.165, 1.54) is 16.5 Å². The Morgan fingerprint density at radius 2 is 1.81 bits per heavy atom. The molecule has 0 unspecified atom stereocenters. The first-order valence-corrected chi connectivity index (χ1v) is 5.85. The number of hydrogen-bond donors (Lipinski definition) is 0. The molecule has 0 fully saturated rings. The Morgan fingerprint density at radius 3 is 2.44 bits per heavy atom. The van der Waals surface area contributed by atoms with Gasteiger partial charge in [-0.1, -0.05) is 32.9 Å². The van der Waals surface area contributed by atoms with Crippen LogP contribution < -0.4 is 0 Å². The van der Waals surface area contributed by atoms with Crippen molar-refractivity contribution in [3.05, 3.63) is 35.1 Å². The van der Waals surface area contributed by atoms with Crippen molar-refractivity contribution in [2.75, 3.05) is 0 Å². The van der Waals surface area contributed by atoms with Crippen molar-refractivity contribution in [1.29, 1.82) is 0 Å². The van der Waals surface area contributed by atoms with E-state index in [2.05, 4.69) is 45.9 Å². The van der Waals surface area contributed by atoms with Crippen molar-refractivity contribution in [2.45, 2.75) is 41.0 Å². The predicted octanol–water partition coefficient (Wildman–Crippen LogP) is 4.64. The summed E-state index contributed by atoms with van der Waals surface area (Å²) >= 11 is 0. The maximum absolute atomic E-state index is 5.75. The molecule has 2 aromatic rings. The van der Waals surface area contributed by atoms with Crippen LogP contribution in [0, 0.1) is 19.3 Å². The van der Waals surface area contributed by atoms with Crippen LogP contribution in [0.15, 0.2) is 22.6 Å². The minimum atomic E-state index is 0.324. The van der Waals surface area contributed by atoms with E-state index in [9.17, 15) is 0 Å². The lowest BCUT2D eigenvalue weighted by molar-refractivity contribution is 0.411. The van der Waals surface area contributed by atoms with Gasteiger partial charge in [0.15, 0.2) is 0 Å². The molecule has 0 aliphatic rings. The fourth-order valence-electron chi connectivity index (χ4n) is 2.11. The van der Waals surface area contributed by atoms with Crippen molar-refractivity contribution < 1.29 is 4.42 Å². The van der Waals surface area contributed by atoms with E-state index in [1.54, 1.807) is 0 Å². The minimum Gasteiger partial charge on any atom is -0.461 e. The van der Waals surface area contributed by atoms with Crippen LogP contribution in [0.1, 0.15) is 37.7 Å². The maximum atomic E-state index is 5.75. The topological polar surface area (TPSA) is 13.1 Å². The van der Waals surface area contributed by atoms with Gasteiger partial charge in [0.2, 0.25) is 0 Å². The SMILES string of the molecule is Cc1oc2cc(CC(C)(C)C)ccc2c1C. The van der Waals surface area contributed by atoms with E-state index in [0.717, 1.165) is 17.8 Å². The Bertz CT molecular complexity index is 512. The van der Waals surface area contributed by atoms with Gasteiger partial charge in [0.05, 0.1) is 0 Å². The van der Waals surface area contributed by atoms with Crippen LogP contribution in [0.3, 0.4) is 0 Å². The van der Waals surface area contributed by atoms with Crippen molar-refractivity contribution in [3.8, 4) is 0 Å². The van der Waals surface area contributed by atoms with Gasteiger partial charge >= 0.3 is 0 Å². The Morgan fingerprint density at radius 1 is 1.12 bits per heavy atom. The van der Waals surface area contributed by atoms with Gasteiger partial charge in [-0.25, -0.2) is 0 Å². The van der Waals surface area contributed by atoms with E-state index < -0.39 is 0 Å². The Hall–Kier alpha value is -1.24. The van der Waals surface area contributed by atoms with Crippen LogP contribution in [-0.4, -0.2) is 0 Å². The highest BCUT2D eigenvalue weighted by atomic mass is 16.3. The molecule has 16 heavy (non-hydrogen) atoms. The summed E-state index contributed by atoms with van der Waals surface area (Å²) in [5, 5.41) is 1.25. The number of aryl methyl sites for hydroxylation is 2. The fourth-order valence-corrected chi connectivity index (χ4v) is 2.11. The summed E-state index contributed by atoms with van der Waals surface area (Å²) in [7, 11) is 0. The molecule has 2 rings (SSSR count). The second-order valence-corrected chi connectivity index (χ2v) is 5.85. The molecule has 0 aliphatic heterocycles. The minimum absolute atomic E-state index is 0.324. The van der Waals surface area contributed by atoms with Crippen LogP contribution >= 0.6 is 0 Å². The lowest BCUT2D eigenvalue weighted by Gasteiger charge is -2.17. The Labute approximate surface area is 97.5 Å². The quantitative estimate of drug-likeness (QED) is 0.677. The molecule has 0 N–H and O–H groups in total. The zero-order valence-corrected chi connectivity index (χ0v) is 10.8. The smallest absolute Gasteiger partial charge is 0.134 e. The highest BCUT2D eigenvalue weighted by molar-refractivity contribution is 5.82. The van der Waals surface area contributed by atoms with Gasteiger partial charge in [-0.2, -0.15) is 0 Å². The molecule has 1 aromatic heterocycles. The number of rotatable bonds is 1. The first kappa shape index (κ1) is 11.3. The van der Waals surface area contributed by atoms with E-state index in [1.807, 2.05) is 6.92 Å². The van der Waals surface area contributed by atoms with E-state index in [-0.39, 0.29) is 0 Å². The van der Waals surface area contributed by atoms with Gasteiger partial charge in [0.25, 0.3) is 0 Å². The third-order valence-electron chi connectivity index (χ3n) is 2.98. The third-order valence-corrected chi connectivity index (χ3v) is 2.98. The van der Waals surface area contributed by atoms with Crippen LogP contribution in [0.4, 0.5) is 0 Å². The molecular weight excluding hydrogens is 196 g/mol. The predicted molar refractivity (Wildman–Crippen MR) is 68.8 cm³/mol. The van der Waals surface area contributed by atoms with Gasteiger partial charge in [-0.15, -0.1) is 0 Å². The van der Waals surface area contributed by atoms with Gasteiger partial charge < -0.3 is 4.42 Å². The first-order valence-electron chi connectivity index (χ1n) is 5.85. The summed E-state index contributed by atoms with van der Waals surface area (Å²) in [6, 6.07) is 6.58. The maximum Gasteiger partial charge on any atom is 0.134 e. The highest BCUT2D eigenvalue weighted by Gasteiger charge is 2.13. The zero-order chi connectivity index (χ0) is 11.9. The van der Waals surface area contributed by atoms with E-state index >= 15 is 0 Å². The highest BCUT2D eigenvalue weighted by Crippen LogP contribution is 2.28. The average molecular weight is 216 g/mol. The summed E-state index contributed by atoms with van der Waals surface area (Å²) in [6.07, 6.45) is 1.09. The molecule has 1 heteroatoms. The van der Waals surface area contributed by atoms with Gasteiger partial charge in [-0.3, -0.25) is 0 Å². The molecule has 1 nitrogen and oxygen atoms in total. The number of fused-ring (bicyclic) bond motifs is 1. The van der Waals surface area contributed by atoms with Crippen LogP contribution in [0.2, 0.25) is 0 Å². The van der Waals surface area contributed by atoms with Crippen molar-refractivity contribution in [3.63, 3.8) is 0 Å². The molecule has 0 radical (unpaired) electrons. The lowest BCUT2D eigenvalue weighted by Crippen LogP contribution is -2.08. The molecule has 86 valence electrons. The molecular formula is C15H20O. The van der Waals surface area contributed by atoms with Crippen LogP contribution in [-0.2, 0) is 6.42 Å². The molecule has 0 atom stereocenters. The van der Waals surface area contributed by atoms with Gasteiger partial charge in [0.1, 0.15) is 11.3 Å². The average Bonchev–Trinajstić information content (AvgIpc) is 2.40. The van der Waals surface area contributed by atoms with E-state index in [0.29, 0.717) is 5.41 Å². The number of furan rings is 1. The molecule has 0 bridgehead atoms. The normalized spacial score (nSPS) is 12.3. The van der Waals surface area contributed by atoms with Crippen LogP contribution in [0.5, 0.6) is 0 Å². The summed E-state index contributed by atoms with van der Waals surface area (Å²) < 4.78 is 5.75. The second kappa shape index (κ2) is 3.65. The molecule has 0 saturated heterocycles. The molecule has 1 heterocycles. The standard InChI is InChI=1S/C15H20O/c1-10-11(2)16-14-8-12(6-7-13(10)14)9-15(3,4)5/h6-8H,9H2,1-5H3. The monoisotopic (exact) mass is 216 g/mol. The summed E-state index contributed by atoms with van der Waals surface area (Å²) in [5.74, 6) is 1.03. The zero-order valence-electron chi connectivity index (χ0n) is 10.8. The molecule has 1 aromatic carbocycles. The molecule has 0 spiro atoms. The largest absolute Gasteiger partial charge is 0.461 e. The number of benzene rings is 1. The van der Waals surface area contributed by atoms with Crippen molar-refractivity contribution in [2.24, 2.45) is 5.41 Å². The second-order valence-electron chi connectivity index (χ2n) is 5.85. The van der Waals surface area contributed by atoms with Crippen molar-refractivity contribution in [1.82, 2.24) is 0 Å². The first-order chi connectivity index (χ1) is 7.37. The lowest BCUT2D eigenvalue weighted by atomic mass is 9.88. The summed E-state index contributed by atoms with van der Waals surface area (Å²) in [4.78, 5) is 0. The summed E-state index contributed by atoms with van der Waals surface area (Å²) in [6.45, 7) is 10.9. The third kappa shape index (κ3) is 2.13. The molecule has 0 saturated carbocycles. The molecule has 0 aliphatic carbocycles.